The quantitative estimate of drug-likeness (QED) is 0.469. The molecule has 0 aliphatic carbocycles. The fourth-order valence-electron chi connectivity index (χ4n) is 4.23. The number of hydrogen-bond donors (Lipinski definition) is 0. The van der Waals surface area contributed by atoms with E-state index in [2.05, 4.69) is 4.40 Å². The second-order valence-corrected chi connectivity index (χ2v) is 7.23. The Labute approximate surface area is 166 Å². The van der Waals surface area contributed by atoms with E-state index in [0.717, 1.165) is 33.5 Å². The van der Waals surface area contributed by atoms with Crippen LogP contribution in [0.2, 0.25) is 0 Å². The molecule has 0 amide bonds. The first kappa shape index (κ1) is 17.4. The van der Waals surface area contributed by atoms with Crippen LogP contribution < -0.4 is 11.2 Å². The highest BCUT2D eigenvalue weighted by atomic mass is 16.2. The van der Waals surface area contributed by atoms with Gasteiger partial charge in [0.1, 0.15) is 0 Å². The first-order valence-corrected chi connectivity index (χ1v) is 9.61. The van der Waals surface area contributed by atoms with Gasteiger partial charge in [-0.05, 0) is 24.1 Å². The summed E-state index contributed by atoms with van der Waals surface area (Å²) >= 11 is 0. The molecular weight excluding hydrogens is 364 g/mol. The van der Waals surface area contributed by atoms with Gasteiger partial charge in [0.25, 0.3) is 5.56 Å². The summed E-state index contributed by atoms with van der Waals surface area (Å²) in [6, 6.07) is 17.7. The Hall–Kier alpha value is -3.67. The summed E-state index contributed by atoms with van der Waals surface area (Å²) < 4.78 is 4.84. The number of aromatic nitrogens is 4. The molecule has 0 spiro atoms. The highest BCUT2D eigenvalue weighted by molar-refractivity contribution is 6.07. The third-order valence-corrected chi connectivity index (χ3v) is 5.61. The van der Waals surface area contributed by atoms with Crippen molar-refractivity contribution in [3.05, 3.63) is 81.1 Å². The van der Waals surface area contributed by atoms with Crippen LogP contribution in [0.15, 0.2) is 64.2 Å². The second-order valence-electron chi connectivity index (χ2n) is 7.23. The van der Waals surface area contributed by atoms with E-state index in [-0.39, 0.29) is 11.2 Å². The number of hydrogen-bond acceptors (Lipinski definition) is 3. The van der Waals surface area contributed by atoms with Crippen molar-refractivity contribution >= 4 is 27.5 Å². The molecule has 0 radical (unpaired) electrons. The van der Waals surface area contributed by atoms with E-state index in [1.54, 1.807) is 11.6 Å². The van der Waals surface area contributed by atoms with E-state index in [1.165, 1.54) is 11.6 Å². The summed E-state index contributed by atoms with van der Waals surface area (Å²) in [7, 11) is 3.24. The van der Waals surface area contributed by atoms with E-state index in [9.17, 15) is 9.59 Å². The molecule has 0 fully saturated rings. The van der Waals surface area contributed by atoms with Gasteiger partial charge in [0, 0.05) is 14.1 Å². The molecule has 0 saturated carbocycles. The zero-order valence-corrected chi connectivity index (χ0v) is 16.5. The molecule has 0 aliphatic heterocycles. The predicted molar refractivity (Wildman–Crippen MR) is 116 cm³/mol. The number of benzene rings is 2. The van der Waals surface area contributed by atoms with Gasteiger partial charge in [0.05, 0.1) is 38.8 Å². The van der Waals surface area contributed by atoms with Crippen molar-refractivity contribution in [3.8, 4) is 11.3 Å². The van der Waals surface area contributed by atoms with Crippen LogP contribution in [-0.4, -0.2) is 18.5 Å². The Bertz CT molecular complexity index is 1540. The summed E-state index contributed by atoms with van der Waals surface area (Å²) in [6.07, 6.45) is 0.686. The highest BCUT2D eigenvalue weighted by Gasteiger charge is 2.24. The van der Waals surface area contributed by atoms with Gasteiger partial charge >= 0.3 is 5.69 Å². The average Bonchev–Trinajstić information content (AvgIpc) is 3.13. The number of para-hydroxylation sites is 2. The number of fused-ring (bicyclic) bond motifs is 5. The van der Waals surface area contributed by atoms with Gasteiger partial charge in [0.2, 0.25) is 0 Å². The molecule has 6 heteroatoms. The normalized spacial score (nSPS) is 11.7. The van der Waals surface area contributed by atoms with Crippen LogP contribution in [0.5, 0.6) is 0 Å². The Morgan fingerprint density at radius 1 is 0.862 bits per heavy atom. The first-order valence-electron chi connectivity index (χ1n) is 9.61. The molecule has 144 valence electrons. The van der Waals surface area contributed by atoms with E-state index in [1.807, 2.05) is 61.5 Å². The SMILES string of the molecule is CCc1nc2ccccc2n2c(-c3ccccc3)c3c(=O)n(C)c(=O)n(C)c3c12. The lowest BCUT2D eigenvalue weighted by Gasteiger charge is -2.10. The lowest BCUT2D eigenvalue weighted by atomic mass is 10.1. The van der Waals surface area contributed by atoms with Crippen molar-refractivity contribution in [1.29, 1.82) is 0 Å². The standard InChI is InChI=1S/C23H20N4O2/c1-4-15-20-21-18(22(28)26(3)23(29)25(21)2)19(14-10-6-5-7-11-14)27(20)17-13-9-8-12-16(17)24-15/h5-13H,4H2,1-3H3. The zero-order chi connectivity index (χ0) is 20.3. The summed E-state index contributed by atoms with van der Waals surface area (Å²) in [5.74, 6) is 0. The monoisotopic (exact) mass is 384 g/mol. The van der Waals surface area contributed by atoms with Gasteiger partial charge < -0.3 is 4.40 Å². The Morgan fingerprint density at radius 2 is 1.55 bits per heavy atom. The van der Waals surface area contributed by atoms with Crippen molar-refractivity contribution < 1.29 is 0 Å². The smallest absolute Gasteiger partial charge is 0.303 e. The Kier molecular flexibility index (Phi) is 3.71. The zero-order valence-electron chi connectivity index (χ0n) is 16.5. The molecule has 0 bridgehead atoms. The van der Waals surface area contributed by atoms with Crippen LogP contribution in [0.3, 0.4) is 0 Å². The minimum Gasteiger partial charge on any atom is -0.303 e. The summed E-state index contributed by atoms with van der Waals surface area (Å²) in [4.78, 5) is 30.9. The van der Waals surface area contributed by atoms with Gasteiger partial charge in [-0.3, -0.25) is 13.9 Å². The largest absolute Gasteiger partial charge is 0.331 e. The fourth-order valence-corrected chi connectivity index (χ4v) is 4.23. The van der Waals surface area contributed by atoms with Gasteiger partial charge in [-0.15, -0.1) is 0 Å². The average molecular weight is 384 g/mol. The fraction of sp³-hybridized carbons (Fsp3) is 0.174. The molecule has 2 aromatic carbocycles. The molecule has 29 heavy (non-hydrogen) atoms. The van der Waals surface area contributed by atoms with Crippen LogP contribution in [-0.2, 0) is 20.5 Å². The second kappa shape index (κ2) is 6.17. The van der Waals surface area contributed by atoms with E-state index in [0.29, 0.717) is 17.3 Å². The first-order chi connectivity index (χ1) is 14.0. The molecule has 0 atom stereocenters. The molecule has 3 aromatic heterocycles. The lowest BCUT2D eigenvalue weighted by molar-refractivity contribution is 0.715. The molecule has 0 aliphatic rings. The Morgan fingerprint density at radius 3 is 2.28 bits per heavy atom. The van der Waals surface area contributed by atoms with Crippen LogP contribution in [0.25, 0.3) is 38.7 Å². The van der Waals surface area contributed by atoms with Crippen LogP contribution in [0, 0.1) is 0 Å². The summed E-state index contributed by atoms with van der Waals surface area (Å²) in [5, 5.41) is 0.536. The number of rotatable bonds is 2. The predicted octanol–water partition coefficient (Wildman–Crippen LogP) is 3.27. The molecular formula is C23H20N4O2. The van der Waals surface area contributed by atoms with E-state index in [4.69, 9.17) is 4.98 Å². The number of nitrogens with zero attached hydrogens (tertiary/aromatic N) is 4. The Balaban J connectivity index is 2.24. The van der Waals surface area contributed by atoms with Crippen LogP contribution >= 0.6 is 0 Å². The third kappa shape index (κ3) is 2.26. The maximum absolute atomic E-state index is 13.3. The van der Waals surface area contributed by atoms with Gasteiger partial charge in [-0.1, -0.05) is 49.4 Å². The lowest BCUT2D eigenvalue weighted by Crippen LogP contribution is -2.36. The molecule has 5 aromatic rings. The number of aryl methyl sites for hydroxylation is 2. The van der Waals surface area contributed by atoms with Crippen LogP contribution in [0.1, 0.15) is 12.6 Å². The maximum Gasteiger partial charge on any atom is 0.331 e. The molecule has 0 unspecified atom stereocenters. The van der Waals surface area contributed by atoms with Crippen LogP contribution in [0.4, 0.5) is 0 Å². The van der Waals surface area contributed by atoms with Gasteiger partial charge in [0.15, 0.2) is 0 Å². The minimum atomic E-state index is -0.343. The van der Waals surface area contributed by atoms with Crippen molar-refractivity contribution in [1.82, 2.24) is 18.5 Å². The van der Waals surface area contributed by atoms with Crippen molar-refractivity contribution in [2.24, 2.45) is 14.1 Å². The van der Waals surface area contributed by atoms with E-state index >= 15 is 0 Å². The molecule has 5 rings (SSSR count). The van der Waals surface area contributed by atoms with E-state index < -0.39 is 0 Å². The van der Waals surface area contributed by atoms with Crippen molar-refractivity contribution in [2.75, 3.05) is 0 Å². The molecule has 3 heterocycles. The third-order valence-electron chi connectivity index (χ3n) is 5.61. The highest BCUT2D eigenvalue weighted by Crippen LogP contribution is 2.35. The molecule has 6 nitrogen and oxygen atoms in total. The summed E-state index contributed by atoms with van der Waals surface area (Å²) in [5.41, 5.74) is 5.15. The maximum atomic E-state index is 13.3. The van der Waals surface area contributed by atoms with Crippen molar-refractivity contribution in [2.45, 2.75) is 13.3 Å². The van der Waals surface area contributed by atoms with Gasteiger partial charge in [-0.25, -0.2) is 9.78 Å². The van der Waals surface area contributed by atoms with Gasteiger partial charge in [-0.2, -0.15) is 0 Å². The van der Waals surface area contributed by atoms with Crippen molar-refractivity contribution in [3.63, 3.8) is 0 Å². The molecule has 0 N–H and O–H groups in total. The molecule has 0 saturated heterocycles. The topological polar surface area (TPSA) is 61.3 Å². The minimum absolute atomic E-state index is 0.295. The summed E-state index contributed by atoms with van der Waals surface area (Å²) in [6.45, 7) is 2.04.